The van der Waals surface area contributed by atoms with Crippen LogP contribution in [-0.4, -0.2) is 5.91 Å². The van der Waals surface area contributed by atoms with E-state index < -0.39 is 0 Å². The predicted octanol–water partition coefficient (Wildman–Crippen LogP) is 4.74. The first-order valence-electron chi connectivity index (χ1n) is 6.30. The number of amides is 1. The molecule has 0 saturated carbocycles. The van der Waals surface area contributed by atoms with Gasteiger partial charge in [0.1, 0.15) is 0 Å². The van der Waals surface area contributed by atoms with Crippen LogP contribution >= 0.6 is 34.2 Å². The van der Waals surface area contributed by atoms with E-state index in [1.54, 1.807) is 12.1 Å². The van der Waals surface area contributed by atoms with Gasteiger partial charge >= 0.3 is 0 Å². The fraction of sp³-hybridized carbons (Fsp3) is 0.188. The quantitative estimate of drug-likeness (QED) is 0.742. The molecule has 0 spiro atoms. The molecule has 4 heteroatoms. The van der Waals surface area contributed by atoms with Gasteiger partial charge in [-0.1, -0.05) is 41.4 Å². The smallest absolute Gasteiger partial charge is 0.251 e. The molecule has 1 amide bonds. The summed E-state index contributed by atoms with van der Waals surface area (Å²) in [7, 11) is 0. The van der Waals surface area contributed by atoms with E-state index in [-0.39, 0.29) is 11.9 Å². The molecule has 1 atom stereocenters. The minimum absolute atomic E-state index is 0.0406. The Bertz CT molecular complexity index is 625. The molecule has 2 aromatic carbocycles. The van der Waals surface area contributed by atoms with Gasteiger partial charge in [0.2, 0.25) is 0 Å². The highest BCUT2D eigenvalue weighted by molar-refractivity contribution is 14.1. The number of aryl methyl sites for hydroxylation is 1. The molecule has 0 bridgehead atoms. The van der Waals surface area contributed by atoms with E-state index in [1.165, 1.54) is 5.56 Å². The van der Waals surface area contributed by atoms with Crippen molar-refractivity contribution in [1.29, 1.82) is 0 Å². The van der Waals surface area contributed by atoms with Gasteiger partial charge in [-0.15, -0.1) is 0 Å². The highest BCUT2D eigenvalue weighted by Gasteiger charge is 2.12. The first kappa shape index (κ1) is 15.3. The summed E-state index contributed by atoms with van der Waals surface area (Å²) in [5, 5.41) is 3.58. The van der Waals surface area contributed by atoms with Crippen molar-refractivity contribution in [2.75, 3.05) is 0 Å². The van der Waals surface area contributed by atoms with Crippen LogP contribution in [0.4, 0.5) is 0 Å². The molecule has 1 unspecified atom stereocenters. The lowest BCUT2D eigenvalue weighted by Crippen LogP contribution is -2.26. The Balaban J connectivity index is 2.10. The first-order chi connectivity index (χ1) is 9.47. The van der Waals surface area contributed by atoms with E-state index in [4.69, 9.17) is 11.6 Å². The monoisotopic (exact) mass is 399 g/mol. The standard InChI is InChI=1S/C16H15ClINO/c1-10-3-5-12(6-4-10)11(2)19-16(20)13-7-8-15(18)14(17)9-13/h3-9,11H,1-2H3,(H,19,20). The Morgan fingerprint density at radius 1 is 1.20 bits per heavy atom. The third-order valence-electron chi connectivity index (χ3n) is 3.11. The zero-order valence-electron chi connectivity index (χ0n) is 11.3. The molecule has 0 heterocycles. The second-order valence-electron chi connectivity index (χ2n) is 4.73. The fourth-order valence-electron chi connectivity index (χ4n) is 1.86. The van der Waals surface area contributed by atoms with E-state index in [2.05, 4.69) is 27.9 Å². The molecule has 0 radical (unpaired) electrons. The second-order valence-corrected chi connectivity index (χ2v) is 6.30. The lowest BCUT2D eigenvalue weighted by Gasteiger charge is -2.15. The number of rotatable bonds is 3. The van der Waals surface area contributed by atoms with Crippen molar-refractivity contribution >= 4 is 40.1 Å². The van der Waals surface area contributed by atoms with Crippen LogP contribution < -0.4 is 5.32 Å². The van der Waals surface area contributed by atoms with Gasteiger partial charge in [0, 0.05) is 9.13 Å². The Hall–Kier alpha value is -1.07. The van der Waals surface area contributed by atoms with Gasteiger partial charge in [-0.05, 0) is 60.2 Å². The maximum Gasteiger partial charge on any atom is 0.251 e. The molecule has 0 aliphatic heterocycles. The molecular weight excluding hydrogens is 385 g/mol. The third kappa shape index (κ3) is 3.73. The first-order valence-corrected chi connectivity index (χ1v) is 7.75. The number of carbonyl (C=O) groups is 1. The van der Waals surface area contributed by atoms with Gasteiger partial charge in [0.15, 0.2) is 0 Å². The number of hydrogen-bond acceptors (Lipinski definition) is 1. The van der Waals surface area contributed by atoms with Crippen LogP contribution in [0.25, 0.3) is 0 Å². The zero-order valence-corrected chi connectivity index (χ0v) is 14.2. The molecule has 0 fully saturated rings. The van der Waals surface area contributed by atoms with Crippen molar-refractivity contribution in [2.24, 2.45) is 0 Å². The number of hydrogen-bond donors (Lipinski definition) is 1. The second kappa shape index (κ2) is 6.59. The Labute approximate surface area is 137 Å². The van der Waals surface area contributed by atoms with Crippen molar-refractivity contribution in [3.63, 3.8) is 0 Å². The lowest BCUT2D eigenvalue weighted by molar-refractivity contribution is 0.0940. The van der Waals surface area contributed by atoms with E-state index in [9.17, 15) is 4.79 Å². The summed E-state index contributed by atoms with van der Waals surface area (Å²) in [5.41, 5.74) is 2.87. The minimum atomic E-state index is -0.114. The summed E-state index contributed by atoms with van der Waals surface area (Å²) in [6.07, 6.45) is 0. The summed E-state index contributed by atoms with van der Waals surface area (Å²) in [5.74, 6) is -0.114. The van der Waals surface area contributed by atoms with Gasteiger partial charge < -0.3 is 5.32 Å². The van der Waals surface area contributed by atoms with Crippen LogP contribution in [0, 0.1) is 10.5 Å². The Morgan fingerprint density at radius 3 is 2.45 bits per heavy atom. The number of halogens is 2. The van der Waals surface area contributed by atoms with E-state index in [0.717, 1.165) is 9.13 Å². The molecule has 2 nitrogen and oxygen atoms in total. The SMILES string of the molecule is Cc1ccc(C(C)NC(=O)c2ccc(I)c(Cl)c2)cc1. The van der Waals surface area contributed by atoms with Gasteiger partial charge in [0.05, 0.1) is 11.1 Å². The van der Waals surface area contributed by atoms with Crippen LogP contribution in [0.15, 0.2) is 42.5 Å². The molecule has 2 aromatic rings. The van der Waals surface area contributed by atoms with Gasteiger partial charge in [-0.25, -0.2) is 0 Å². The largest absolute Gasteiger partial charge is 0.346 e. The van der Waals surface area contributed by atoms with Crippen molar-refractivity contribution < 1.29 is 4.79 Å². The van der Waals surface area contributed by atoms with E-state index in [1.807, 2.05) is 44.2 Å². The normalized spacial score (nSPS) is 12.0. The average Bonchev–Trinajstić information content (AvgIpc) is 2.42. The summed E-state index contributed by atoms with van der Waals surface area (Å²) in [6.45, 7) is 4.01. The fourth-order valence-corrected chi connectivity index (χ4v) is 2.37. The summed E-state index contributed by atoms with van der Waals surface area (Å²) in [6, 6.07) is 13.4. The molecule has 0 aliphatic rings. The molecule has 0 aromatic heterocycles. The minimum Gasteiger partial charge on any atom is -0.346 e. The van der Waals surface area contributed by atoms with E-state index in [0.29, 0.717) is 10.6 Å². The van der Waals surface area contributed by atoms with Crippen molar-refractivity contribution in [3.8, 4) is 0 Å². The summed E-state index contributed by atoms with van der Waals surface area (Å²) < 4.78 is 0.937. The molecule has 2 rings (SSSR count). The maximum absolute atomic E-state index is 12.2. The van der Waals surface area contributed by atoms with Gasteiger partial charge in [0.25, 0.3) is 5.91 Å². The maximum atomic E-state index is 12.2. The van der Waals surface area contributed by atoms with Crippen LogP contribution in [0.1, 0.15) is 34.5 Å². The number of carbonyl (C=O) groups excluding carboxylic acids is 1. The Morgan fingerprint density at radius 2 is 1.85 bits per heavy atom. The van der Waals surface area contributed by atoms with E-state index >= 15 is 0 Å². The highest BCUT2D eigenvalue weighted by atomic mass is 127. The zero-order chi connectivity index (χ0) is 14.7. The van der Waals surface area contributed by atoms with Crippen LogP contribution in [0.3, 0.4) is 0 Å². The highest BCUT2D eigenvalue weighted by Crippen LogP contribution is 2.20. The molecule has 0 aliphatic carbocycles. The third-order valence-corrected chi connectivity index (χ3v) is 4.68. The summed E-state index contributed by atoms with van der Waals surface area (Å²) in [4.78, 5) is 12.2. The number of nitrogens with one attached hydrogen (secondary N) is 1. The van der Waals surface area contributed by atoms with Crippen molar-refractivity contribution in [1.82, 2.24) is 5.32 Å². The number of benzene rings is 2. The van der Waals surface area contributed by atoms with Crippen molar-refractivity contribution in [3.05, 3.63) is 67.7 Å². The van der Waals surface area contributed by atoms with Gasteiger partial charge in [-0.2, -0.15) is 0 Å². The predicted molar refractivity (Wildman–Crippen MR) is 91.2 cm³/mol. The lowest BCUT2D eigenvalue weighted by atomic mass is 10.1. The van der Waals surface area contributed by atoms with Gasteiger partial charge in [-0.3, -0.25) is 4.79 Å². The van der Waals surface area contributed by atoms with Crippen LogP contribution in [0.2, 0.25) is 5.02 Å². The van der Waals surface area contributed by atoms with Crippen molar-refractivity contribution in [2.45, 2.75) is 19.9 Å². The average molecular weight is 400 g/mol. The summed E-state index contributed by atoms with van der Waals surface area (Å²) >= 11 is 8.18. The topological polar surface area (TPSA) is 29.1 Å². The molecular formula is C16H15ClINO. The Kier molecular flexibility index (Phi) is 5.05. The molecule has 104 valence electrons. The molecule has 20 heavy (non-hydrogen) atoms. The molecule has 1 N–H and O–H groups in total. The van der Waals surface area contributed by atoms with Crippen LogP contribution in [-0.2, 0) is 0 Å². The van der Waals surface area contributed by atoms with Crippen LogP contribution in [0.5, 0.6) is 0 Å². The molecule has 0 saturated heterocycles.